The Kier molecular flexibility index (Phi) is 3.43. The molecule has 0 aliphatic carbocycles. The van der Waals surface area contributed by atoms with Crippen LogP contribution in [0.3, 0.4) is 0 Å². The second kappa shape index (κ2) is 4.64. The molecule has 1 heterocycles. The Balaban J connectivity index is 2.40. The number of carbonyl (C=O) groups excluding carboxylic acids is 1. The summed E-state index contributed by atoms with van der Waals surface area (Å²) < 4.78 is 11.6. The number of esters is 1. The number of rotatable bonds is 1. The lowest BCUT2D eigenvalue weighted by Crippen LogP contribution is -2.52. The van der Waals surface area contributed by atoms with Gasteiger partial charge in [-0.25, -0.2) is 0 Å². The molecule has 3 atom stereocenters. The van der Waals surface area contributed by atoms with Gasteiger partial charge < -0.3 is 9.47 Å². The van der Waals surface area contributed by atoms with Gasteiger partial charge in [-0.2, -0.15) is 0 Å². The first kappa shape index (κ1) is 14.1. The van der Waals surface area contributed by atoms with E-state index in [2.05, 4.69) is 0 Å². The van der Waals surface area contributed by atoms with Crippen molar-refractivity contribution in [2.45, 2.75) is 46.5 Å². The van der Waals surface area contributed by atoms with Gasteiger partial charge in [0.05, 0.1) is 5.92 Å². The molecule has 1 aromatic carbocycles. The zero-order chi connectivity index (χ0) is 14.3. The lowest BCUT2D eigenvalue weighted by molar-refractivity contribution is -0.288. The van der Waals surface area contributed by atoms with Crippen molar-refractivity contribution in [2.24, 2.45) is 11.3 Å². The Morgan fingerprint density at radius 2 is 1.74 bits per heavy atom. The summed E-state index contributed by atoms with van der Waals surface area (Å²) in [5.41, 5.74) is 0.119. The Morgan fingerprint density at radius 3 is 2.26 bits per heavy atom. The summed E-state index contributed by atoms with van der Waals surface area (Å²) in [5, 5.41) is 0. The maximum atomic E-state index is 12.1. The van der Waals surface area contributed by atoms with Crippen molar-refractivity contribution in [3.05, 3.63) is 35.9 Å². The summed E-state index contributed by atoms with van der Waals surface area (Å²) in [6.07, 6.45) is -0.526. The smallest absolute Gasteiger partial charge is 0.314 e. The van der Waals surface area contributed by atoms with E-state index in [1.807, 2.05) is 65.0 Å². The first-order chi connectivity index (χ1) is 8.75. The van der Waals surface area contributed by atoms with E-state index in [1.54, 1.807) is 0 Å². The lowest BCUT2D eigenvalue weighted by atomic mass is 9.81. The van der Waals surface area contributed by atoms with Gasteiger partial charge in [-0.1, -0.05) is 51.1 Å². The molecule has 1 aromatic rings. The van der Waals surface area contributed by atoms with E-state index < -0.39 is 11.9 Å². The second-order valence-electron chi connectivity index (χ2n) is 6.45. The fourth-order valence-corrected chi connectivity index (χ4v) is 2.22. The molecule has 0 aromatic heterocycles. The summed E-state index contributed by atoms with van der Waals surface area (Å²) in [4.78, 5) is 12.1. The molecule has 0 bridgehead atoms. The Labute approximate surface area is 114 Å². The number of cyclic esters (lactones) is 1. The van der Waals surface area contributed by atoms with Crippen molar-refractivity contribution < 1.29 is 14.3 Å². The fraction of sp³-hybridized carbons (Fsp3) is 0.562. The third kappa shape index (κ3) is 2.52. The molecular formula is C16H22O3. The third-order valence-corrected chi connectivity index (χ3v) is 3.81. The number of hydrogen-bond donors (Lipinski definition) is 0. The molecule has 19 heavy (non-hydrogen) atoms. The summed E-state index contributed by atoms with van der Waals surface area (Å²) in [6, 6.07) is 9.87. The molecule has 0 radical (unpaired) electrons. The largest absolute Gasteiger partial charge is 0.435 e. The van der Waals surface area contributed by atoms with E-state index in [-0.39, 0.29) is 17.3 Å². The minimum atomic E-state index is -0.644. The molecule has 0 amide bonds. The van der Waals surface area contributed by atoms with Gasteiger partial charge in [0.15, 0.2) is 0 Å². The topological polar surface area (TPSA) is 35.5 Å². The van der Waals surface area contributed by atoms with Gasteiger partial charge in [0, 0.05) is 5.41 Å². The number of ether oxygens (including phenoxy) is 2. The SMILES string of the molecule is C[C@H]1C(=O)O[C@@H](C(C)(C)C)O[C@]1(C)c1ccccc1. The van der Waals surface area contributed by atoms with Gasteiger partial charge in [0.2, 0.25) is 6.29 Å². The summed E-state index contributed by atoms with van der Waals surface area (Å²) in [7, 11) is 0. The Hall–Kier alpha value is -1.35. The highest BCUT2D eigenvalue weighted by Gasteiger charge is 2.49. The molecule has 3 nitrogen and oxygen atoms in total. The van der Waals surface area contributed by atoms with Gasteiger partial charge in [-0.3, -0.25) is 4.79 Å². The molecule has 104 valence electrons. The van der Waals surface area contributed by atoms with Crippen molar-refractivity contribution >= 4 is 5.97 Å². The van der Waals surface area contributed by atoms with Crippen LogP contribution in [0.1, 0.15) is 40.2 Å². The number of hydrogen-bond acceptors (Lipinski definition) is 3. The van der Waals surface area contributed by atoms with Gasteiger partial charge in [-0.15, -0.1) is 0 Å². The first-order valence-corrected chi connectivity index (χ1v) is 6.69. The van der Waals surface area contributed by atoms with Crippen LogP contribution in [-0.2, 0) is 19.9 Å². The van der Waals surface area contributed by atoms with E-state index >= 15 is 0 Å². The van der Waals surface area contributed by atoms with Gasteiger partial charge in [0.25, 0.3) is 0 Å². The molecule has 1 saturated heterocycles. The zero-order valence-electron chi connectivity index (χ0n) is 12.3. The summed E-state index contributed by atoms with van der Waals surface area (Å²) in [6.45, 7) is 9.84. The third-order valence-electron chi connectivity index (χ3n) is 3.81. The Bertz CT molecular complexity index is 461. The predicted molar refractivity (Wildman–Crippen MR) is 73.4 cm³/mol. The van der Waals surface area contributed by atoms with E-state index in [0.29, 0.717) is 0 Å². The van der Waals surface area contributed by atoms with Crippen LogP contribution in [-0.4, -0.2) is 12.3 Å². The van der Waals surface area contributed by atoms with E-state index in [0.717, 1.165) is 5.56 Å². The van der Waals surface area contributed by atoms with E-state index in [1.165, 1.54) is 0 Å². The van der Waals surface area contributed by atoms with Crippen LogP contribution < -0.4 is 0 Å². The van der Waals surface area contributed by atoms with Crippen LogP contribution >= 0.6 is 0 Å². The van der Waals surface area contributed by atoms with Crippen LogP contribution in [0.5, 0.6) is 0 Å². The van der Waals surface area contributed by atoms with E-state index in [4.69, 9.17) is 9.47 Å². The predicted octanol–water partition coefficient (Wildman–Crippen LogP) is 3.48. The molecule has 0 spiro atoms. The van der Waals surface area contributed by atoms with Crippen LogP contribution in [0.4, 0.5) is 0 Å². The quantitative estimate of drug-likeness (QED) is 0.727. The monoisotopic (exact) mass is 262 g/mol. The highest BCUT2D eigenvalue weighted by molar-refractivity contribution is 5.74. The molecule has 0 N–H and O–H groups in total. The van der Waals surface area contributed by atoms with Gasteiger partial charge >= 0.3 is 5.97 Å². The minimum absolute atomic E-state index is 0.197. The molecule has 1 aliphatic heterocycles. The van der Waals surface area contributed by atoms with Crippen LogP contribution in [0.25, 0.3) is 0 Å². The number of benzene rings is 1. The minimum Gasteiger partial charge on any atom is -0.435 e. The Morgan fingerprint density at radius 1 is 1.16 bits per heavy atom. The molecule has 0 unspecified atom stereocenters. The van der Waals surface area contributed by atoms with Crippen LogP contribution in [0.2, 0.25) is 0 Å². The number of carbonyl (C=O) groups is 1. The average molecular weight is 262 g/mol. The van der Waals surface area contributed by atoms with Crippen LogP contribution in [0, 0.1) is 11.3 Å². The molecule has 1 aliphatic rings. The second-order valence-corrected chi connectivity index (χ2v) is 6.45. The van der Waals surface area contributed by atoms with Crippen molar-refractivity contribution in [1.82, 2.24) is 0 Å². The lowest BCUT2D eigenvalue weighted by Gasteiger charge is -2.46. The highest BCUT2D eigenvalue weighted by atomic mass is 16.7. The van der Waals surface area contributed by atoms with E-state index in [9.17, 15) is 4.79 Å². The standard InChI is InChI=1S/C16H22O3/c1-11-13(17)18-14(15(2,3)4)19-16(11,5)12-9-7-6-8-10-12/h6-11,14H,1-5H3/t11-,14+,16-/m0/s1. The van der Waals surface area contributed by atoms with Crippen molar-refractivity contribution in [3.8, 4) is 0 Å². The molecule has 2 rings (SSSR count). The molecule has 0 saturated carbocycles. The summed E-state index contributed by atoms with van der Waals surface area (Å²) >= 11 is 0. The zero-order valence-corrected chi connectivity index (χ0v) is 12.3. The highest BCUT2D eigenvalue weighted by Crippen LogP contribution is 2.42. The van der Waals surface area contributed by atoms with Gasteiger partial charge in [0.1, 0.15) is 5.60 Å². The molecular weight excluding hydrogens is 240 g/mol. The fourth-order valence-electron chi connectivity index (χ4n) is 2.22. The van der Waals surface area contributed by atoms with Crippen molar-refractivity contribution in [3.63, 3.8) is 0 Å². The maximum Gasteiger partial charge on any atom is 0.314 e. The first-order valence-electron chi connectivity index (χ1n) is 6.69. The summed E-state index contributed by atoms with van der Waals surface area (Å²) in [5.74, 6) is -0.522. The molecule has 3 heteroatoms. The molecule has 1 fully saturated rings. The van der Waals surface area contributed by atoms with Crippen LogP contribution in [0.15, 0.2) is 30.3 Å². The average Bonchev–Trinajstić information content (AvgIpc) is 2.35. The van der Waals surface area contributed by atoms with Crippen molar-refractivity contribution in [1.29, 1.82) is 0 Å². The van der Waals surface area contributed by atoms with Gasteiger partial charge in [-0.05, 0) is 19.4 Å². The normalized spacial score (nSPS) is 31.9. The van der Waals surface area contributed by atoms with Crippen molar-refractivity contribution in [2.75, 3.05) is 0 Å². The maximum absolute atomic E-state index is 12.1.